The number of hydrogen-bond acceptors (Lipinski definition) is 4. The van der Waals surface area contributed by atoms with E-state index in [9.17, 15) is 4.79 Å². The second-order valence-corrected chi connectivity index (χ2v) is 5.56. The van der Waals surface area contributed by atoms with Gasteiger partial charge in [-0.05, 0) is 44.0 Å². The maximum absolute atomic E-state index is 11.7. The SMILES string of the molecule is Cc1cccc(OC(=O)CCCCCN2CCOCC2)c1. The van der Waals surface area contributed by atoms with Crippen LogP contribution in [-0.2, 0) is 9.53 Å². The molecule has 0 unspecified atom stereocenters. The van der Waals surface area contributed by atoms with Crippen molar-refractivity contribution in [3.63, 3.8) is 0 Å². The molecule has 0 aliphatic carbocycles. The number of esters is 1. The number of carbonyl (C=O) groups is 1. The average Bonchev–Trinajstić information content (AvgIpc) is 2.48. The summed E-state index contributed by atoms with van der Waals surface area (Å²) in [5, 5.41) is 0. The van der Waals surface area contributed by atoms with Gasteiger partial charge in [0.05, 0.1) is 13.2 Å². The van der Waals surface area contributed by atoms with Crippen molar-refractivity contribution < 1.29 is 14.3 Å². The number of benzene rings is 1. The normalized spacial score (nSPS) is 15.9. The first-order valence-corrected chi connectivity index (χ1v) is 7.81. The van der Waals surface area contributed by atoms with Crippen molar-refractivity contribution in [2.24, 2.45) is 0 Å². The van der Waals surface area contributed by atoms with Crippen molar-refractivity contribution in [2.45, 2.75) is 32.6 Å². The average molecular weight is 291 g/mol. The minimum atomic E-state index is -0.132. The summed E-state index contributed by atoms with van der Waals surface area (Å²) < 4.78 is 10.6. The maximum atomic E-state index is 11.7. The fraction of sp³-hybridized carbons (Fsp3) is 0.588. The molecule has 2 rings (SSSR count). The molecule has 0 aromatic heterocycles. The predicted molar refractivity (Wildman–Crippen MR) is 82.5 cm³/mol. The fourth-order valence-electron chi connectivity index (χ4n) is 2.47. The molecule has 1 aromatic rings. The lowest BCUT2D eigenvalue weighted by Crippen LogP contribution is -2.36. The molecule has 0 radical (unpaired) electrons. The summed E-state index contributed by atoms with van der Waals surface area (Å²) >= 11 is 0. The molecule has 116 valence electrons. The van der Waals surface area contributed by atoms with Crippen LogP contribution >= 0.6 is 0 Å². The third-order valence-corrected chi connectivity index (χ3v) is 3.68. The van der Waals surface area contributed by atoms with Crippen molar-refractivity contribution in [1.29, 1.82) is 0 Å². The monoisotopic (exact) mass is 291 g/mol. The molecule has 21 heavy (non-hydrogen) atoms. The predicted octanol–water partition coefficient (Wildman–Crippen LogP) is 2.79. The maximum Gasteiger partial charge on any atom is 0.311 e. The van der Waals surface area contributed by atoms with Crippen LogP contribution in [0.3, 0.4) is 0 Å². The molecule has 1 fully saturated rings. The first-order valence-electron chi connectivity index (χ1n) is 7.81. The Balaban J connectivity index is 1.54. The molecule has 0 bridgehead atoms. The highest BCUT2D eigenvalue weighted by Gasteiger charge is 2.09. The Morgan fingerprint density at radius 3 is 2.81 bits per heavy atom. The molecule has 4 nitrogen and oxygen atoms in total. The van der Waals surface area contributed by atoms with E-state index in [1.54, 1.807) is 0 Å². The van der Waals surface area contributed by atoms with Gasteiger partial charge in [-0.25, -0.2) is 0 Å². The molecular formula is C17H25NO3. The second-order valence-electron chi connectivity index (χ2n) is 5.56. The molecule has 1 heterocycles. The van der Waals surface area contributed by atoms with Crippen molar-refractivity contribution in [3.8, 4) is 5.75 Å². The van der Waals surface area contributed by atoms with E-state index in [-0.39, 0.29) is 5.97 Å². The number of morpholine rings is 1. The van der Waals surface area contributed by atoms with Crippen LogP contribution in [-0.4, -0.2) is 43.7 Å². The van der Waals surface area contributed by atoms with E-state index in [0.29, 0.717) is 12.2 Å². The van der Waals surface area contributed by atoms with E-state index in [4.69, 9.17) is 9.47 Å². The van der Waals surface area contributed by atoms with Crippen LogP contribution in [0.2, 0.25) is 0 Å². The standard InChI is InChI=1S/C17H25NO3/c1-15-6-5-7-16(14-15)21-17(19)8-3-2-4-9-18-10-12-20-13-11-18/h5-7,14H,2-4,8-13H2,1H3. The van der Waals surface area contributed by atoms with Gasteiger partial charge in [-0.3, -0.25) is 9.69 Å². The summed E-state index contributed by atoms with van der Waals surface area (Å²) in [4.78, 5) is 14.2. The summed E-state index contributed by atoms with van der Waals surface area (Å²) in [5.41, 5.74) is 1.10. The van der Waals surface area contributed by atoms with Gasteiger partial charge in [-0.1, -0.05) is 18.6 Å². The largest absolute Gasteiger partial charge is 0.427 e. The number of carbonyl (C=O) groups excluding carboxylic acids is 1. The van der Waals surface area contributed by atoms with Gasteiger partial charge in [0.2, 0.25) is 0 Å². The van der Waals surface area contributed by atoms with Crippen molar-refractivity contribution in [2.75, 3.05) is 32.8 Å². The number of nitrogens with zero attached hydrogens (tertiary/aromatic N) is 1. The quantitative estimate of drug-likeness (QED) is 0.440. The Hall–Kier alpha value is -1.39. The van der Waals surface area contributed by atoms with Crippen LogP contribution in [0, 0.1) is 6.92 Å². The molecule has 0 amide bonds. The smallest absolute Gasteiger partial charge is 0.311 e. The van der Waals surface area contributed by atoms with Crippen LogP contribution in [0.1, 0.15) is 31.2 Å². The van der Waals surface area contributed by atoms with Gasteiger partial charge in [-0.2, -0.15) is 0 Å². The van der Waals surface area contributed by atoms with E-state index < -0.39 is 0 Å². The van der Waals surface area contributed by atoms with E-state index in [0.717, 1.165) is 57.7 Å². The molecule has 0 saturated carbocycles. The first-order chi connectivity index (χ1) is 10.2. The lowest BCUT2D eigenvalue weighted by Gasteiger charge is -2.26. The lowest BCUT2D eigenvalue weighted by molar-refractivity contribution is -0.134. The molecule has 0 atom stereocenters. The van der Waals surface area contributed by atoms with Gasteiger partial charge in [-0.15, -0.1) is 0 Å². The second kappa shape index (κ2) is 8.80. The number of unbranched alkanes of at least 4 members (excludes halogenated alkanes) is 2. The van der Waals surface area contributed by atoms with Gasteiger partial charge in [0.1, 0.15) is 5.75 Å². The number of aryl methyl sites for hydroxylation is 1. The first kappa shape index (κ1) is 16.0. The van der Waals surface area contributed by atoms with E-state index in [1.807, 2.05) is 31.2 Å². The number of ether oxygens (including phenoxy) is 2. The Kier molecular flexibility index (Phi) is 6.70. The van der Waals surface area contributed by atoms with Gasteiger partial charge >= 0.3 is 5.97 Å². The van der Waals surface area contributed by atoms with E-state index in [2.05, 4.69) is 4.90 Å². The van der Waals surface area contributed by atoms with Crippen LogP contribution in [0.15, 0.2) is 24.3 Å². The zero-order valence-corrected chi connectivity index (χ0v) is 12.8. The minimum absolute atomic E-state index is 0.132. The Labute approximate surface area is 127 Å². The summed E-state index contributed by atoms with van der Waals surface area (Å²) in [6.07, 6.45) is 3.60. The Bertz CT molecular complexity index is 441. The van der Waals surface area contributed by atoms with Crippen LogP contribution < -0.4 is 4.74 Å². The van der Waals surface area contributed by atoms with E-state index >= 15 is 0 Å². The third-order valence-electron chi connectivity index (χ3n) is 3.68. The van der Waals surface area contributed by atoms with Crippen molar-refractivity contribution in [1.82, 2.24) is 4.90 Å². The molecule has 0 spiro atoms. The highest BCUT2D eigenvalue weighted by molar-refractivity contribution is 5.72. The lowest BCUT2D eigenvalue weighted by atomic mass is 10.2. The summed E-state index contributed by atoms with van der Waals surface area (Å²) in [6, 6.07) is 7.60. The Morgan fingerprint density at radius 2 is 2.05 bits per heavy atom. The molecular weight excluding hydrogens is 266 g/mol. The molecule has 1 aliphatic rings. The zero-order chi connectivity index (χ0) is 14.9. The molecule has 4 heteroatoms. The summed E-state index contributed by atoms with van der Waals surface area (Å²) in [5.74, 6) is 0.514. The molecule has 0 N–H and O–H groups in total. The third kappa shape index (κ3) is 6.27. The van der Waals surface area contributed by atoms with Crippen LogP contribution in [0.25, 0.3) is 0 Å². The summed E-state index contributed by atoms with van der Waals surface area (Å²) in [6.45, 7) is 6.87. The number of rotatable bonds is 7. The molecule has 1 aliphatic heterocycles. The van der Waals surface area contributed by atoms with Gasteiger partial charge in [0.25, 0.3) is 0 Å². The van der Waals surface area contributed by atoms with Gasteiger partial charge in [0, 0.05) is 19.5 Å². The highest BCUT2D eigenvalue weighted by Crippen LogP contribution is 2.14. The van der Waals surface area contributed by atoms with Crippen LogP contribution in [0.5, 0.6) is 5.75 Å². The molecule has 1 saturated heterocycles. The summed E-state index contributed by atoms with van der Waals surface area (Å²) in [7, 11) is 0. The Morgan fingerprint density at radius 1 is 1.24 bits per heavy atom. The zero-order valence-electron chi connectivity index (χ0n) is 12.8. The molecule has 1 aromatic carbocycles. The highest BCUT2D eigenvalue weighted by atomic mass is 16.5. The van der Waals surface area contributed by atoms with Gasteiger partial charge in [0.15, 0.2) is 0 Å². The van der Waals surface area contributed by atoms with Gasteiger partial charge < -0.3 is 9.47 Å². The number of hydrogen-bond donors (Lipinski definition) is 0. The van der Waals surface area contributed by atoms with E-state index in [1.165, 1.54) is 0 Å². The van der Waals surface area contributed by atoms with Crippen LogP contribution in [0.4, 0.5) is 0 Å². The van der Waals surface area contributed by atoms with Crippen molar-refractivity contribution in [3.05, 3.63) is 29.8 Å². The topological polar surface area (TPSA) is 38.8 Å². The fourth-order valence-corrected chi connectivity index (χ4v) is 2.47. The minimum Gasteiger partial charge on any atom is -0.427 e. The van der Waals surface area contributed by atoms with Crippen molar-refractivity contribution >= 4 is 5.97 Å².